The Morgan fingerprint density at radius 1 is 1.25 bits per heavy atom. The maximum absolute atomic E-state index is 14.3. The first kappa shape index (κ1) is 16.8. The Hall–Kier alpha value is -2.05. The van der Waals surface area contributed by atoms with E-state index in [4.69, 9.17) is 9.47 Å². The van der Waals surface area contributed by atoms with Crippen LogP contribution in [0.15, 0.2) is 36.4 Å². The van der Waals surface area contributed by atoms with E-state index in [9.17, 15) is 4.39 Å². The second-order valence-corrected chi connectivity index (χ2v) is 5.54. The Labute approximate surface area is 141 Å². The molecule has 0 N–H and O–H groups in total. The lowest BCUT2D eigenvalue weighted by Gasteiger charge is -2.12. The van der Waals surface area contributed by atoms with E-state index in [2.05, 4.69) is 10.1 Å². The van der Waals surface area contributed by atoms with Gasteiger partial charge in [0, 0.05) is 19.6 Å². The van der Waals surface area contributed by atoms with Gasteiger partial charge in [-0.2, -0.15) is 5.10 Å². The second kappa shape index (κ2) is 7.68. The zero-order valence-electron chi connectivity index (χ0n) is 13.9. The molecule has 24 heavy (non-hydrogen) atoms. The summed E-state index contributed by atoms with van der Waals surface area (Å²) >= 11 is 0. The summed E-state index contributed by atoms with van der Waals surface area (Å²) in [7, 11) is 0. The lowest BCUT2D eigenvalue weighted by Crippen LogP contribution is -2.14. The average Bonchev–Trinajstić information content (AvgIpc) is 3.14. The second-order valence-electron chi connectivity index (χ2n) is 5.54. The molecule has 0 saturated carbocycles. The maximum atomic E-state index is 14.3. The van der Waals surface area contributed by atoms with E-state index in [1.807, 2.05) is 44.2 Å². The normalized spacial score (nSPS) is 20.2. The summed E-state index contributed by atoms with van der Waals surface area (Å²) in [5.41, 5.74) is 1.04. The standard InChI is InChI=1S/C18H22FN3O2/c1-3-23-17(24-4-2)11-10-16-20-18-14(19)12-15(22(18)21-16)13-8-6-5-7-9-13/h5-11,14-15,17H,3-4,12H2,1-2H3/b11-10+/t14-,15-/m0/s1. The van der Waals surface area contributed by atoms with Crippen LogP contribution in [-0.4, -0.2) is 34.3 Å². The molecule has 0 amide bonds. The molecule has 1 aromatic heterocycles. The average molecular weight is 331 g/mol. The van der Waals surface area contributed by atoms with Crippen molar-refractivity contribution >= 4 is 6.08 Å². The summed E-state index contributed by atoms with van der Waals surface area (Å²) in [6, 6.07) is 9.72. The van der Waals surface area contributed by atoms with Crippen LogP contribution in [0, 0.1) is 0 Å². The third kappa shape index (κ3) is 3.55. The zero-order valence-corrected chi connectivity index (χ0v) is 13.9. The minimum Gasteiger partial charge on any atom is -0.349 e. The van der Waals surface area contributed by atoms with Crippen molar-refractivity contribution in [3.05, 3.63) is 53.6 Å². The molecule has 1 aromatic carbocycles. The highest BCUT2D eigenvalue weighted by Gasteiger charge is 2.34. The SMILES string of the molecule is CCOC(/C=C/c1nc2n(n1)[C@H](c1ccccc1)C[C@@H]2F)OCC. The first-order valence-corrected chi connectivity index (χ1v) is 8.29. The van der Waals surface area contributed by atoms with E-state index in [0.717, 1.165) is 5.56 Å². The Morgan fingerprint density at radius 3 is 2.62 bits per heavy atom. The predicted octanol–water partition coefficient (Wildman–Crippen LogP) is 3.69. The monoisotopic (exact) mass is 331 g/mol. The number of aromatic nitrogens is 3. The van der Waals surface area contributed by atoms with Crippen LogP contribution in [0.4, 0.5) is 4.39 Å². The number of halogens is 1. The molecule has 0 fully saturated rings. The molecule has 0 spiro atoms. The van der Waals surface area contributed by atoms with E-state index in [-0.39, 0.29) is 6.04 Å². The van der Waals surface area contributed by atoms with Crippen LogP contribution >= 0.6 is 0 Å². The van der Waals surface area contributed by atoms with Gasteiger partial charge in [0.05, 0.1) is 6.04 Å². The van der Waals surface area contributed by atoms with Crippen molar-refractivity contribution in [2.75, 3.05) is 13.2 Å². The molecule has 0 bridgehead atoms. The summed E-state index contributed by atoms with van der Waals surface area (Å²) in [4.78, 5) is 4.32. The third-order valence-corrected chi connectivity index (χ3v) is 3.93. The number of alkyl halides is 1. The Bertz CT molecular complexity index is 681. The van der Waals surface area contributed by atoms with E-state index < -0.39 is 12.5 Å². The molecule has 128 valence electrons. The summed E-state index contributed by atoms with van der Waals surface area (Å²) in [5.74, 6) is 0.852. The summed E-state index contributed by atoms with van der Waals surface area (Å²) < 4.78 is 26.9. The van der Waals surface area contributed by atoms with E-state index >= 15 is 0 Å². The largest absolute Gasteiger partial charge is 0.349 e. The van der Waals surface area contributed by atoms with Crippen molar-refractivity contribution in [2.24, 2.45) is 0 Å². The molecule has 6 heteroatoms. The van der Waals surface area contributed by atoms with Crippen molar-refractivity contribution in [3.63, 3.8) is 0 Å². The fraction of sp³-hybridized carbons (Fsp3) is 0.444. The molecule has 1 aliphatic heterocycles. The van der Waals surface area contributed by atoms with Gasteiger partial charge in [0.25, 0.3) is 0 Å². The van der Waals surface area contributed by atoms with Crippen molar-refractivity contribution in [2.45, 2.75) is 38.8 Å². The fourth-order valence-corrected chi connectivity index (χ4v) is 2.87. The molecule has 0 aliphatic carbocycles. The smallest absolute Gasteiger partial charge is 0.177 e. The van der Waals surface area contributed by atoms with Crippen molar-refractivity contribution in [1.82, 2.24) is 14.8 Å². The maximum Gasteiger partial charge on any atom is 0.177 e. The highest BCUT2D eigenvalue weighted by atomic mass is 19.1. The van der Waals surface area contributed by atoms with Crippen LogP contribution < -0.4 is 0 Å². The van der Waals surface area contributed by atoms with Crippen molar-refractivity contribution in [1.29, 1.82) is 0 Å². The molecular formula is C18H22FN3O2. The molecule has 2 heterocycles. The van der Waals surface area contributed by atoms with Gasteiger partial charge in [0.1, 0.15) is 0 Å². The van der Waals surface area contributed by atoms with Crippen LogP contribution in [0.3, 0.4) is 0 Å². The number of ether oxygens (including phenoxy) is 2. The van der Waals surface area contributed by atoms with Gasteiger partial charge in [-0.25, -0.2) is 14.1 Å². The first-order valence-electron chi connectivity index (χ1n) is 8.29. The third-order valence-electron chi connectivity index (χ3n) is 3.93. The van der Waals surface area contributed by atoms with Crippen LogP contribution in [-0.2, 0) is 9.47 Å². The van der Waals surface area contributed by atoms with Gasteiger partial charge >= 0.3 is 0 Å². The van der Waals surface area contributed by atoms with Gasteiger partial charge in [-0.05, 0) is 31.6 Å². The summed E-state index contributed by atoms with van der Waals surface area (Å²) in [6.45, 7) is 4.90. The van der Waals surface area contributed by atoms with E-state index in [0.29, 0.717) is 31.3 Å². The molecule has 5 nitrogen and oxygen atoms in total. The molecule has 2 atom stereocenters. The van der Waals surface area contributed by atoms with Crippen molar-refractivity contribution in [3.8, 4) is 0 Å². The van der Waals surface area contributed by atoms with Gasteiger partial charge in [-0.1, -0.05) is 30.3 Å². The van der Waals surface area contributed by atoms with E-state index in [1.165, 1.54) is 0 Å². The predicted molar refractivity (Wildman–Crippen MR) is 89.1 cm³/mol. The van der Waals surface area contributed by atoms with Gasteiger partial charge < -0.3 is 9.47 Å². The molecule has 3 rings (SSSR count). The highest BCUT2D eigenvalue weighted by Crippen LogP contribution is 2.39. The first-order chi connectivity index (χ1) is 11.7. The van der Waals surface area contributed by atoms with Crippen LogP contribution in [0.25, 0.3) is 6.08 Å². The highest BCUT2D eigenvalue weighted by molar-refractivity contribution is 5.40. The number of hydrogen-bond donors (Lipinski definition) is 0. The molecule has 0 radical (unpaired) electrons. The summed E-state index contributed by atoms with van der Waals surface area (Å²) in [6.07, 6.45) is 2.31. The number of fused-ring (bicyclic) bond motifs is 1. The zero-order chi connectivity index (χ0) is 16.9. The van der Waals surface area contributed by atoms with Crippen LogP contribution in [0.2, 0.25) is 0 Å². The molecule has 1 aliphatic rings. The Balaban J connectivity index is 1.80. The molecule has 0 unspecified atom stereocenters. The number of nitrogens with zero attached hydrogens (tertiary/aromatic N) is 3. The minimum absolute atomic E-state index is 0.111. The molecule has 0 saturated heterocycles. The molecular weight excluding hydrogens is 309 g/mol. The van der Waals surface area contributed by atoms with Crippen LogP contribution in [0.1, 0.15) is 49.7 Å². The number of rotatable bonds is 7. The summed E-state index contributed by atoms with van der Waals surface area (Å²) in [5, 5.41) is 4.46. The Kier molecular flexibility index (Phi) is 5.37. The lowest BCUT2D eigenvalue weighted by molar-refractivity contribution is -0.103. The number of benzene rings is 1. The van der Waals surface area contributed by atoms with Crippen molar-refractivity contribution < 1.29 is 13.9 Å². The number of hydrogen-bond acceptors (Lipinski definition) is 4. The van der Waals surface area contributed by atoms with Gasteiger partial charge in [0.15, 0.2) is 24.1 Å². The Morgan fingerprint density at radius 2 is 1.96 bits per heavy atom. The quantitative estimate of drug-likeness (QED) is 0.726. The van der Waals surface area contributed by atoms with Crippen LogP contribution in [0.5, 0.6) is 0 Å². The fourth-order valence-electron chi connectivity index (χ4n) is 2.87. The van der Waals surface area contributed by atoms with E-state index in [1.54, 1.807) is 16.8 Å². The lowest BCUT2D eigenvalue weighted by atomic mass is 10.0. The topological polar surface area (TPSA) is 49.2 Å². The minimum atomic E-state index is -1.10. The van der Waals surface area contributed by atoms with Gasteiger partial charge in [-0.3, -0.25) is 0 Å². The van der Waals surface area contributed by atoms with Gasteiger partial charge in [-0.15, -0.1) is 0 Å². The molecule has 2 aromatic rings. The van der Waals surface area contributed by atoms with Gasteiger partial charge in [0.2, 0.25) is 0 Å².